The third-order valence-corrected chi connectivity index (χ3v) is 43.4. The van der Waals surface area contributed by atoms with Crippen molar-refractivity contribution >= 4 is 35.0 Å². The van der Waals surface area contributed by atoms with Gasteiger partial charge in [0.1, 0.15) is 0 Å². The van der Waals surface area contributed by atoms with Crippen LogP contribution >= 0.6 is 0 Å². The molecule has 0 radical (unpaired) electrons. The maximum absolute atomic E-state index is 8.32. The van der Waals surface area contributed by atoms with Gasteiger partial charge in [-0.25, -0.2) is 0 Å². The van der Waals surface area contributed by atoms with Crippen LogP contribution < -0.4 is 4.74 Å². The molecule has 0 amide bonds. The molecule has 5 fully saturated rings. The first-order valence-corrected chi connectivity index (χ1v) is 43.2. The molecule has 1 aliphatic carbocycles. The number of benzene rings is 1. The number of hydrogen-bond donors (Lipinski definition) is 0. The van der Waals surface area contributed by atoms with E-state index in [1.165, 1.54) is 159 Å². The van der Waals surface area contributed by atoms with E-state index in [-0.39, 0.29) is 29.4 Å². The molecule has 0 N–H and O–H groups in total. The van der Waals surface area contributed by atoms with Crippen LogP contribution in [0, 0.1) is 17.3 Å². The monoisotopic (exact) mass is 1110 g/mol. The molecule has 5 aliphatic rings. The van der Waals surface area contributed by atoms with Gasteiger partial charge >= 0.3 is 402 Å². The predicted octanol–water partition coefficient (Wildman–Crippen LogP) is 16.3. The molecule has 70 heavy (non-hydrogen) atoms. The molecule has 1 aromatic rings. The Morgan fingerprint density at radius 2 is 1.34 bits per heavy atom. The average molecular weight is 1110 g/mol. The van der Waals surface area contributed by atoms with Crippen molar-refractivity contribution in [3.63, 3.8) is 0 Å². The number of hydrogen-bond acceptors (Lipinski definition) is 7. The van der Waals surface area contributed by atoms with E-state index in [0.717, 1.165) is 56.5 Å². The molecule has 1 saturated carbocycles. The summed E-state index contributed by atoms with van der Waals surface area (Å²) in [6.45, 7) is 27.7. The maximum atomic E-state index is 8.32. The molecule has 5 bridgehead atoms. The molecule has 0 aromatic heterocycles. The van der Waals surface area contributed by atoms with Crippen LogP contribution in [0.1, 0.15) is 190 Å². The molecule has 4 aliphatic heterocycles. The van der Waals surface area contributed by atoms with Crippen LogP contribution in [-0.2, 0) is 24.9 Å². The van der Waals surface area contributed by atoms with E-state index in [1.807, 2.05) is 0 Å². The molecule has 8 atom stereocenters. The van der Waals surface area contributed by atoms with Gasteiger partial charge in [-0.05, 0) is 18.1 Å². The second-order valence-electron chi connectivity index (χ2n) is 23.7. The Labute approximate surface area is 438 Å². The third-order valence-electron chi connectivity index (χ3n) is 20.0. The van der Waals surface area contributed by atoms with E-state index in [9.17, 15) is 0 Å². The van der Waals surface area contributed by atoms with Crippen molar-refractivity contribution in [1.29, 1.82) is 0 Å². The van der Waals surface area contributed by atoms with Crippen LogP contribution in [0.2, 0.25) is 49.6 Å². The van der Waals surface area contributed by atoms with Crippen LogP contribution in [0.4, 0.5) is 0 Å². The Bertz CT molecular complexity index is 1620. The molecule has 7 nitrogen and oxygen atoms in total. The molecule has 4 heterocycles. The quantitative estimate of drug-likeness (QED) is 0.0562. The van der Waals surface area contributed by atoms with Gasteiger partial charge in [0.2, 0.25) is 0 Å². The van der Waals surface area contributed by atoms with Gasteiger partial charge in [0.05, 0.1) is 0 Å². The zero-order chi connectivity index (χ0) is 50.1. The molecule has 10 heteroatoms. The van der Waals surface area contributed by atoms with Crippen molar-refractivity contribution in [3.05, 3.63) is 40.0 Å². The van der Waals surface area contributed by atoms with E-state index in [1.54, 1.807) is 7.11 Å². The molecule has 0 spiro atoms. The van der Waals surface area contributed by atoms with Gasteiger partial charge in [0.15, 0.2) is 0 Å². The number of ether oxygens (including phenoxy) is 3. The van der Waals surface area contributed by atoms with Gasteiger partial charge in [-0.3, -0.25) is 0 Å². The normalized spacial score (nSPS) is 28.0. The first kappa shape index (κ1) is 59.0. The van der Waals surface area contributed by atoms with E-state index >= 15 is 0 Å². The van der Waals surface area contributed by atoms with Gasteiger partial charge in [0.25, 0.3) is 0 Å². The Balaban J connectivity index is 1.59. The van der Waals surface area contributed by atoms with Crippen LogP contribution in [-0.4, -0.2) is 115 Å². The summed E-state index contributed by atoms with van der Waals surface area (Å²) in [5.41, 5.74) is 1.08. The standard InChI is InChI=1S/C48H83N2O5Si2.3C4H9.Sn/c1-9-43(55-57(13-5,14-6)15-7)45(52-37-39-26-28-41(51-8)29-27-39)48-42-30-33-49-32-23-21-19-17-16-18-20-22-31-47(46(48)49)35-40(42)36-50(48)44(53-38-47)25-24-34-54-56(10-2,11-3)12-4;3*1-3-4-2;/h1,9,26-29,40,42-46H,10-25,30-38H2,2-8H3;3*1,3-4H2,2H3;/t40-,42+,43-,44-,45+,46-,47+,48+;;;;/m0..../s1. The summed E-state index contributed by atoms with van der Waals surface area (Å²) in [5, 5.41) is 0. The summed E-state index contributed by atoms with van der Waals surface area (Å²) in [6, 6.07) is 16.2. The van der Waals surface area contributed by atoms with Crippen molar-refractivity contribution in [2.24, 2.45) is 17.3 Å². The van der Waals surface area contributed by atoms with Crippen molar-refractivity contribution in [1.82, 2.24) is 9.80 Å². The molecule has 1 aromatic carbocycles. The van der Waals surface area contributed by atoms with Crippen molar-refractivity contribution in [2.45, 2.75) is 271 Å². The van der Waals surface area contributed by atoms with Crippen LogP contribution in [0.25, 0.3) is 0 Å². The van der Waals surface area contributed by atoms with E-state index in [4.69, 9.17) is 23.1 Å². The van der Waals surface area contributed by atoms with Gasteiger partial charge in [-0.1, -0.05) is 20.8 Å². The summed E-state index contributed by atoms with van der Waals surface area (Å²) >= 11 is -2.81. The van der Waals surface area contributed by atoms with Crippen molar-refractivity contribution in [3.8, 4) is 5.75 Å². The fourth-order valence-corrected chi connectivity index (χ4v) is 35.2. The SMILES string of the molecule is CCC[CH2][Sn](/[CH]=C/[C@H](O[Si](CC)(CC)CC)[C@@H](OCc1ccc(OC)cc1)[C@@]12[C@@H]3CCN4CCCCCCCCCC[C@@]5(CO[C@@H](CCCO[Si](CC)(CC)CC)N1C[C@@H]3C5)[C@H]42)([CH2]CCC)[CH2]CCC. The average Bonchev–Trinajstić information content (AvgIpc) is 3.60. The fraction of sp³-hybridized carbons (Fsp3) is 0.867. The van der Waals surface area contributed by atoms with E-state index < -0.39 is 35.0 Å². The number of rotatable bonds is 30. The Morgan fingerprint density at radius 1 is 0.743 bits per heavy atom. The van der Waals surface area contributed by atoms with Gasteiger partial charge < -0.3 is 0 Å². The Hall–Kier alpha value is -0.248. The Morgan fingerprint density at radius 3 is 1.93 bits per heavy atom. The van der Waals surface area contributed by atoms with Gasteiger partial charge in [0, 0.05) is 0 Å². The van der Waals surface area contributed by atoms with Crippen LogP contribution in [0.5, 0.6) is 5.75 Å². The van der Waals surface area contributed by atoms with E-state index in [0.29, 0.717) is 24.5 Å². The minimum absolute atomic E-state index is 0.0553. The fourth-order valence-electron chi connectivity index (χ4n) is 15.4. The zero-order valence-electron chi connectivity index (χ0n) is 47.4. The predicted molar refractivity (Wildman–Crippen MR) is 305 cm³/mol. The van der Waals surface area contributed by atoms with Gasteiger partial charge in [-0.2, -0.15) is 0 Å². The van der Waals surface area contributed by atoms with Crippen LogP contribution in [0.15, 0.2) is 34.4 Å². The Kier molecular flexibility index (Phi) is 24.2. The van der Waals surface area contributed by atoms with Crippen molar-refractivity contribution in [2.75, 3.05) is 40.0 Å². The molecule has 0 unspecified atom stereocenters. The second kappa shape index (κ2) is 28.8. The summed E-state index contributed by atoms with van der Waals surface area (Å²) < 4.78 is 44.3. The third kappa shape index (κ3) is 13.6. The minimum atomic E-state index is -2.81. The molecule has 4 saturated heterocycles. The first-order chi connectivity index (χ1) is 34.1. The van der Waals surface area contributed by atoms with E-state index in [2.05, 4.69) is 107 Å². The molecular weight excluding hydrogens is 1000 g/mol. The first-order valence-electron chi connectivity index (χ1n) is 30.5. The van der Waals surface area contributed by atoms with Crippen LogP contribution in [0.3, 0.4) is 0 Å². The molecule has 6 rings (SSSR count). The number of unbranched alkanes of at least 4 members (excludes halogenated alkanes) is 3. The number of methoxy groups -OCH3 is 1. The summed E-state index contributed by atoms with van der Waals surface area (Å²) in [5.74, 6) is 2.11. The number of nitrogens with zero attached hydrogens (tertiary/aromatic N) is 2. The van der Waals surface area contributed by atoms with Crippen molar-refractivity contribution < 1.29 is 23.1 Å². The summed E-state index contributed by atoms with van der Waals surface area (Å²) in [6.07, 6.45) is 27.4. The number of piperidine rings is 1. The summed E-state index contributed by atoms with van der Waals surface area (Å²) in [7, 11) is -2.07. The second-order valence-corrected chi connectivity index (χ2v) is 46.2. The zero-order valence-corrected chi connectivity index (χ0v) is 52.3. The topological polar surface area (TPSA) is 52.6 Å². The molecule has 402 valence electrons. The summed E-state index contributed by atoms with van der Waals surface area (Å²) in [4.78, 5) is 6.16. The molecular formula is C60H110N2O5Si2Sn. The van der Waals surface area contributed by atoms with Gasteiger partial charge in [-0.15, -0.1) is 0 Å².